The maximum Gasteiger partial charge on any atom is 0.404 e. The van der Waals surface area contributed by atoms with Gasteiger partial charge in [-0.15, -0.1) is 0 Å². The van der Waals surface area contributed by atoms with Crippen molar-refractivity contribution in [1.29, 1.82) is 0 Å². The highest BCUT2D eigenvalue weighted by Gasteiger charge is 2.08. The van der Waals surface area contributed by atoms with Crippen LogP contribution >= 0.6 is 0 Å². The van der Waals surface area contributed by atoms with E-state index in [1.807, 2.05) is 30.3 Å². The molecule has 0 fully saturated rings. The molecule has 8 heteroatoms. The normalized spacial score (nSPS) is 11.4. The fourth-order valence-electron chi connectivity index (χ4n) is 2.33. The summed E-state index contributed by atoms with van der Waals surface area (Å²) >= 11 is 0. The number of rotatable bonds is 8. The number of hydrogen-bond acceptors (Lipinski definition) is 5. The summed E-state index contributed by atoms with van der Waals surface area (Å²) in [6.45, 7) is 0.345. The van der Waals surface area contributed by atoms with E-state index in [0.717, 1.165) is 5.56 Å². The number of amides is 1. The van der Waals surface area contributed by atoms with Crippen molar-refractivity contribution >= 4 is 23.2 Å². The summed E-state index contributed by atoms with van der Waals surface area (Å²) < 4.78 is 23.9. The molecule has 7 nitrogen and oxygen atoms in total. The Morgan fingerprint density at radius 1 is 1.26 bits per heavy atom. The Hall–Kier alpha value is -3.55. The van der Waals surface area contributed by atoms with E-state index in [1.165, 1.54) is 0 Å². The highest BCUT2D eigenvalue weighted by Crippen LogP contribution is 2.24. The zero-order chi connectivity index (χ0) is 19.1. The molecule has 0 aliphatic heterocycles. The van der Waals surface area contributed by atoms with Crippen LogP contribution in [0.15, 0.2) is 64.9 Å². The van der Waals surface area contributed by atoms with Crippen LogP contribution in [0.4, 0.5) is 15.2 Å². The molecule has 2 aromatic carbocycles. The van der Waals surface area contributed by atoms with E-state index in [-0.39, 0.29) is 18.7 Å². The maximum absolute atomic E-state index is 12.8. The summed E-state index contributed by atoms with van der Waals surface area (Å²) in [6.07, 6.45) is -0.901. The number of fused-ring (bicyclic) bond motifs is 1. The Labute approximate surface area is 154 Å². The second-order valence-corrected chi connectivity index (χ2v) is 5.70. The fourth-order valence-corrected chi connectivity index (χ4v) is 2.33. The number of nitrogens with zero attached hydrogens (tertiary/aromatic N) is 1. The number of aromatic nitrogens is 1. The maximum atomic E-state index is 12.8. The van der Waals surface area contributed by atoms with Gasteiger partial charge in [0.2, 0.25) is 0 Å². The third kappa shape index (κ3) is 5.21. The lowest BCUT2D eigenvalue weighted by Crippen LogP contribution is -2.25. The van der Waals surface area contributed by atoms with Crippen molar-refractivity contribution in [3.05, 3.63) is 66.0 Å². The Kier molecular flexibility index (Phi) is 5.88. The van der Waals surface area contributed by atoms with Crippen molar-refractivity contribution in [3.63, 3.8) is 0 Å². The molecule has 0 bridgehead atoms. The number of oxazole rings is 1. The first kappa shape index (κ1) is 18.2. The van der Waals surface area contributed by atoms with E-state index >= 15 is 0 Å². The number of ether oxygens (including phenoxy) is 1. The molecule has 0 radical (unpaired) electrons. The van der Waals surface area contributed by atoms with Gasteiger partial charge >= 0.3 is 6.09 Å². The summed E-state index contributed by atoms with van der Waals surface area (Å²) in [5.41, 5.74) is 2.45. The lowest BCUT2D eigenvalue weighted by molar-refractivity contribution is 0.195. The van der Waals surface area contributed by atoms with Crippen LogP contribution in [0.25, 0.3) is 11.1 Å². The molecular weight excluding hydrogens is 353 g/mol. The third-order valence-electron chi connectivity index (χ3n) is 3.69. The zero-order valence-corrected chi connectivity index (χ0v) is 14.3. The van der Waals surface area contributed by atoms with Gasteiger partial charge in [0.1, 0.15) is 17.9 Å². The molecule has 0 saturated heterocycles. The van der Waals surface area contributed by atoms with Crippen molar-refractivity contribution < 1.29 is 23.4 Å². The number of anilines is 1. The monoisotopic (exact) mass is 371 g/mol. The zero-order valence-electron chi connectivity index (χ0n) is 14.3. The largest absolute Gasteiger partial charge is 0.489 e. The second-order valence-electron chi connectivity index (χ2n) is 5.70. The molecule has 3 rings (SSSR count). The van der Waals surface area contributed by atoms with Gasteiger partial charge in [0.25, 0.3) is 6.01 Å². The van der Waals surface area contributed by atoms with Crippen LogP contribution in [-0.2, 0) is 6.54 Å². The average molecular weight is 371 g/mol. The van der Waals surface area contributed by atoms with E-state index in [9.17, 15) is 9.18 Å². The minimum Gasteiger partial charge on any atom is -0.489 e. The van der Waals surface area contributed by atoms with Gasteiger partial charge in [-0.25, -0.2) is 9.18 Å². The minimum absolute atomic E-state index is 0.0878. The quantitative estimate of drug-likeness (QED) is 0.555. The van der Waals surface area contributed by atoms with Crippen molar-refractivity contribution in [1.82, 2.24) is 10.3 Å². The highest BCUT2D eigenvalue weighted by atomic mass is 19.1. The molecular formula is C19H18FN3O4. The van der Waals surface area contributed by atoms with E-state index in [4.69, 9.17) is 14.3 Å². The molecule has 27 heavy (non-hydrogen) atoms. The van der Waals surface area contributed by atoms with Gasteiger partial charge in [0.05, 0.1) is 6.33 Å². The molecule has 0 atom stereocenters. The molecule has 0 unspecified atom stereocenters. The number of carbonyl (C=O) groups is 1. The summed E-state index contributed by atoms with van der Waals surface area (Å²) in [6, 6.07) is 15.3. The highest BCUT2D eigenvalue weighted by molar-refractivity contribution is 5.76. The predicted octanol–water partition coefficient (Wildman–Crippen LogP) is 3.94. The van der Waals surface area contributed by atoms with Crippen molar-refractivity contribution in [2.75, 3.05) is 18.5 Å². The Bertz CT molecular complexity index is 941. The molecule has 0 saturated carbocycles. The molecule has 3 aromatic rings. The van der Waals surface area contributed by atoms with Gasteiger partial charge in [-0.2, -0.15) is 4.98 Å². The Morgan fingerprint density at radius 3 is 2.81 bits per heavy atom. The Morgan fingerprint density at radius 2 is 2.07 bits per heavy atom. The standard InChI is InChI=1S/C19H18FN3O4/c20-9-14(11-22-19(24)25)12-26-15-6-7-16-17(8-15)27-18(23-16)21-10-13-4-2-1-3-5-13/h1-9,22H,10-12H2,(H,21,23)(H,24,25). The molecule has 1 aromatic heterocycles. The average Bonchev–Trinajstić information content (AvgIpc) is 3.09. The summed E-state index contributed by atoms with van der Waals surface area (Å²) in [5, 5.41) is 13.8. The van der Waals surface area contributed by atoms with Gasteiger partial charge in [0, 0.05) is 24.7 Å². The fraction of sp³-hybridized carbons (Fsp3) is 0.158. The first-order valence-electron chi connectivity index (χ1n) is 8.20. The number of carboxylic acid groups (broad SMARTS) is 1. The van der Waals surface area contributed by atoms with Crippen molar-refractivity contribution in [2.45, 2.75) is 6.54 Å². The lowest BCUT2D eigenvalue weighted by atomic mass is 10.2. The first-order chi connectivity index (χ1) is 13.1. The summed E-state index contributed by atoms with van der Waals surface area (Å²) in [5.74, 6) is 0.461. The lowest BCUT2D eigenvalue weighted by Gasteiger charge is -2.08. The second kappa shape index (κ2) is 8.70. The van der Waals surface area contributed by atoms with E-state index in [1.54, 1.807) is 18.2 Å². The van der Waals surface area contributed by atoms with Gasteiger partial charge in [-0.05, 0) is 17.7 Å². The van der Waals surface area contributed by atoms with Gasteiger partial charge in [-0.3, -0.25) is 0 Å². The third-order valence-corrected chi connectivity index (χ3v) is 3.69. The van der Waals surface area contributed by atoms with Crippen molar-refractivity contribution in [2.24, 2.45) is 0 Å². The molecule has 140 valence electrons. The van der Waals surface area contributed by atoms with E-state index < -0.39 is 6.09 Å². The van der Waals surface area contributed by atoms with Crippen LogP contribution < -0.4 is 15.4 Å². The molecule has 3 N–H and O–H groups in total. The van der Waals surface area contributed by atoms with Crippen LogP contribution in [0, 0.1) is 0 Å². The van der Waals surface area contributed by atoms with Gasteiger partial charge < -0.3 is 24.9 Å². The smallest absolute Gasteiger partial charge is 0.404 e. The molecule has 0 aliphatic rings. The summed E-state index contributed by atoms with van der Waals surface area (Å²) in [7, 11) is 0. The van der Waals surface area contributed by atoms with Crippen LogP contribution in [0.1, 0.15) is 5.56 Å². The molecule has 0 spiro atoms. The van der Waals surface area contributed by atoms with Crippen LogP contribution in [0.2, 0.25) is 0 Å². The minimum atomic E-state index is -1.23. The van der Waals surface area contributed by atoms with Crippen molar-refractivity contribution in [3.8, 4) is 5.75 Å². The van der Waals surface area contributed by atoms with Gasteiger partial charge in [0.15, 0.2) is 5.58 Å². The number of hydrogen-bond donors (Lipinski definition) is 3. The SMILES string of the molecule is O=C(O)NCC(=CF)COc1ccc2nc(NCc3ccccc3)oc2c1. The van der Waals surface area contributed by atoms with Crippen LogP contribution in [0.5, 0.6) is 5.75 Å². The number of nitrogens with one attached hydrogen (secondary N) is 2. The van der Waals surface area contributed by atoms with E-state index in [0.29, 0.717) is 35.7 Å². The molecule has 1 amide bonds. The predicted molar refractivity (Wildman–Crippen MR) is 98.5 cm³/mol. The van der Waals surface area contributed by atoms with Crippen LogP contribution in [-0.4, -0.2) is 29.3 Å². The number of halogens is 1. The topological polar surface area (TPSA) is 96.6 Å². The van der Waals surface area contributed by atoms with Crippen LogP contribution in [0.3, 0.4) is 0 Å². The summed E-state index contributed by atoms with van der Waals surface area (Å²) in [4.78, 5) is 14.8. The number of benzene rings is 2. The van der Waals surface area contributed by atoms with Gasteiger partial charge in [-0.1, -0.05) is 30.3 Å². The van der Waals surface area contributed by atoms with E-state index in [2.05, 4.69) is 15.6 Å². The molecule has 0 aliphatic carbocycles. The Balaban J connectivity index is 1.60. The molecule has 1 heterocycles. The first-order valence-corrected chi connectivity index (χ1v) is 8.20.